The molecule has 1 heterocycles. The number of benzene rings is 3. The molecular formula is C26H23NO7S. The third kappa shape index (κ3) is 5.75. The number of ether oxygens (including phenoxy) is 1. The van der Waals surface area contributed by atoms with Crippen LogP contribution in [0.2, 0.25) is 0 Å². The van der Waals surface area contributed by atoms with Crippen molar-refractivity contribution in [2.45, 2.75) is 18.2 Å². The molecule has 1 aliphatic rings. The topological polar surface area (TPSA) is 107 Å². The second-order valence-electron chi connectivity index (χ2n) is 8.15. The molecule has 3 aromatic rings. The van der Waals surface area contributed by atoms with Crippen LogP contribution in [0.25, 0.3) is 0 Å². The molecule has 1 saturated heterocycles. The lowest BCUT2D eigenvalue weighted by Crippen LogP contribution is -2.27. The molecule has 0 unspecified atom stereocenters. The Hall–Kier alpha value is -3.98. The minimum Gasteiger partial charge on any atom is -0.457 e. The monoisotopic (exact) mass is 493 g/mol. The standard InChI is InChI=1S/C26H23NO7S/c1-18-7-13-23(14-8-18)35(31,32)34-22-11-9-19(10-12-22)24(28)17-33-26(30)20-15-25(29)27(16-20)21-5-3-2-4-6-21/h2-14,20H,15-17H2,1H3/t20-/m0/s1. The predicted molar refractivity (Wildman–Crippen MR) is 128 cm³/mol. The maximum Gasteiger partial charge on any atom is 0.339 e. The normalized spacial score (nSPS) is 15.6. The molecule has 3 aromatic carbocycles. The number of carbonyl (C=O) groups is 3. The Morgan fingerprint density at radius 2 is 1.60 bits per heavy atom. The Balaban J connectivity index is 1.31. The van der Waals surface area contributed by atoms with Crippen molar-refractivity contribution in [3.8, 4) is 5.75 Å². The lowest BCUT2D eigenvalue weighted by Gasteiger charge is -2.16. The highest BCUT2D eigenvalue weighted by atomic mass is 32.2. The van der Waals surface area contributed by atoms with E-state index in [0.29, 0.717) is 5.69 Å². The van der Waals surface area contributed by atoms with E-state index in [9.17, 15) is 22.8 Å². The first-order valence-corrected chi connectivity index (χ1v) is 12.3. The fraction of sp³-hybridized carbons (Fsp3) is 0.192. The van der Waals surface area contributed by atoms with Gasteiger partial charge in [-0.3, -0.25) is 14.4 Å². The number of aryl methyl sites for hydroxylation is 1. The summed E-state index contributed by atoms with van der Waals surface area (Å²) in [7, 11) is -4.01. The van der Waals surface area contributed by atoms with Crippen molar-refractivity contribution in [1.29, 1.82) is 0 Å². The molecule has 0 N–H and O–H groups in total. The zero-order chi connectivity index (χ0) is 25.0. The molecule has 1 aliphatic heterocycles. The van der Waals surface area contributed by atoms with Crippen molar-refractivity contribution < 1.29 is 31.7 Å². The summed E-state index contributed by atoms with van der Waals surface area (Å²) in [6, 6.07) is 20.8. The predicted octanol–water partition coefficient (Wildman–Crippen LogP) is 3.54. The molecule has 0 aromatic heterocycles. The zero-order valence-corrected chi connectivity index (χ0v) is 19.7. The molecule has 180 valence electrons. The lowest BCUT2D eigenvalue weighted by atomic mass is 10.1. The Morgan fingerprint density at radius 1 is 0.943 bits per heavy atom. The van der Waals surface area contributed by atoms with Gasteiger partial charge in [0.15, 0.2) is 12.4 Å². The van der Waals surface area contributed by atoms with Gasteiger partial charge in [0.2, 0.25) is 5.91 Å². The van der Waals surface area contributed by atoms with E-state index in [1.807, 2.05) is 13.0 Å². The van der Waals surface area contributed by atoms with Crippen LogP contribution < -0.4 is 9.08 Å². The summed E-state index contributed by atoms with van der Waals surface area (Å²) < 4.78 is 35.1. The fourth-order valence-corrected chi connectivity index (χ4v) is 4.57. The van der Waals surface area contributed by atoms with E-state index in [-0.39, 0.29) is 35.1 Å². The summed E-state index contributed by atoms with van der Waals surface area (Å²) in [6.07, 6.45) is 0.0173. The van der Waals surface area contributed by atoms with Gasteiger partial charge in [-0.2, -0.15) is 8.42 Å². The maximum atomic E-state index is 12.5. The number of para-hydroxylation sites is 1. The van der Waals surface area contributed by atoms with E-state index in [1.54, 1.807) is 36.4 Å². The van der Waals surface area contributed by atoms with Crippen molar-refractivity contribution in [3.63, 3.8) is 0 Å². The van der Waals surface area contributed by atoms with E-state index >= 15 is 0 Å². The van der Waals surface area contributed by atoms with E-state index in [0.717, 1.165) is 5.56 Å². The third-order valence-electron chi connectivity index (χ3n) is 5.56. The average Bonchev–Trinajstić information content (AvgIpc) is 3.25. The minimum absolute atomic E-state index is 0.0173. The molecule has 1 atom stereocenters. The summed E-state index contributed by atoms with van der Waals surface area (Å²) in [5, 5.41) is 0. The molecule has 0 saturated carbocycles. The van der Waals surface area contributed by atoms with Crippen molar-refractivity contribution in [1.82, 2.24) is 0 Å². The van der Waals surface area contributed by atoms with Gasteiger partial charge in [0.1, 0.15) is 10.6 Å². The first-order valence-electron chi connectivity index (χ1n) is 10.9. The van der Waals surface area contributed by atoms with Crippen LogP contribution in [0.15, 0.2) is 83.8 Å². The number of anilines is 1. The second kappa shape index (κ2) is 10.1. The highest BCUT2D eigenvalue weighted by molar-refractivity contribution is 7.87. The van der Waals surface area contributed by atoms with Gasteiger partial charge in [0.25, 0.3) is 0 Å². The van der Waals surface area contributed by atoms with Gasteiger partial charge in [-0.1, -0.05) is 35.9 Å². The number of ketones is 1. The third-order valence-corrected chi connectivity index (χ3v) is 6.83. The lowest BCUT2D eigenvalue weighted by molar-refractivity contribution is -0.147. The zero-order valence-electron chi connectivity index (χ0n) is 18.9. The molecule has 35 heavy (non-hydrogen) atoms. The SMILES string of the molecule is Cc1ccc(S(=O)(=O)Oc2ccc(C(=O)COC(=O)[C@H]3CC(=O)N(c4ccccc4)C3)cc2)cc1. The van der Waals surface area contributed by atoms with Crippen LogP contribution in [0.4, 0.5) is 5.69 Å². The minimum atomic E-state index is -4.01. The van der Waals surface area contributed by atoms with Gasteiger partial charge >= 0.3 is 16.1 Å². The van der Waals surface area contributed by atoms with Crippen molar-refractivity contribution in [2.24, 2.45) is 5.92 Å². The number of Topliss-reactive ketones (excluding diaryl/α,β-unsaturated/α-hetero) is 1. The Kier molecular flexibility index (Phi) is 6.97. The number of amides is 1. The van der Waals surface area contributed by atoms with Gasteiger partial charge < -0.3 is 13.8 Å². The number of rotatable bonds is 8. The summed E-state index contributed by atoms with van der Waals surface area (Å²) in [4.78, 5) is 38.7. The molecule has 4 rings (SSSR count). The molecule has 1 amide bonds. The van der Waals surface area contributed by atoms with Crippen LogP contribution in [0.5, 0.6) is 5.75 Å². The summed E-state index contributed by atoms with van der Waals surface area (Å²) in [5.41, 5.74) is 1.85. The van der Waals surface area contributed by atoms with Crippen LogP contribution in [0, 0.1) is 12.8 Å². The van der Waals surface area contributed by atoms with E-state index in [1.165, 1.54) is 41.3 Å². The molecule has 1 fully saturated rings. The first kappa shape index (κ1) is 24.2. The molecule has 0 bridgehead atoms. The molecule has 9 heteroatoms. The van der Waals surface area contributed by atoms with Crippen LogP contribution in [-0.2, 0) is 24.4 Å². The van der Waals surface area contributed by atoms with Gasteiger partial charge in [0.05, 0.1) is 5.92 Å². The second-order valence-corrected chi connectivity index (χ2v) is 9.69. The smallest absolute Gasteiger partial charge is 0.339 e. The molecule has 0 spiro atoms. The van der Waals surface area contributed by atoms with Crippen LogP contribution >= 0.6 is 0 Å². The molecule has 8 nitrogen and oxygen atoms in total. The van der Waals surface area contributed by atoms with E-state index in [2.05, 4.69) is 0 Å². The molecule has 0 aliphatic carbocycles. The highest BCUT2D eigenvalue weighted by Gasteiger charge is 2.36. The largest absolute Gasteiger partial charge is 0.457 e. The van der Waals surface area contributed by atoms with Crippen LogP contribution in [-0.4, -0.2) is 39.2 Å². The molecule has 0 radical (unpaired) electrons. The summed E-state index contributed by atoms with van der Waals surface area (Å²) in [5.74, 6) is -1.87. The van der Waals surface area contributed by atoms with E-state index < -0.39 is 34.4 Å². The van der Waals surface area contributed by atoms with Crippen molar-refractivity contribution >= 4 is 33.5 Å². The fourth-order valence-electron chi connectivity index (χ4n) is 3.64. The maximum absolute atomic E-state index is 12.5. The van der Waals surface area contributed by atoms with Crippen LogP contribution in [0.1, 0.15) is 22.3 Å². The highest BCUT2D eigenvalue weighted by Crippen LogP contribution is 2.26. The summed E-state index contributed by atoms with van der Waals surface area (Å²) >= 11 is 0. The van der Waals surface area contributed by atoms with Gasteiger partial charge in [0, 0.05) is 24.2 Å². The number of hydrogen-bond donors (Lipinski definition) is 0. The summed E-state index contributed by atoms with van der Waals surface area (Å²) in [6.45, 7) is 1.55. The number of nitrogens with zero attached hydrogens (tertiary/aromatic N) is 1. The quantitative estimate of drug-likeness (QED) is 0.268. The number of carbonyl (C=O) groups excluding carboxylic acids is 3. The first-order chi connectivity index (χ1) is 16.7. The number of hydrogen-bond acceptors (Lipinski definition) is 7. The van der Waals surface area contributed by atoms with Gasteiger partial charge in [-0.05, 0) is 55.5 Å². The van der Waals surface area contributed by atoms with Crippen molar-refractivity contribution in [2.75, 3.05) is 18.1 Å². The van der Waals surface area contributed by atoms with Crippen molar-refractivity contribution in [3.05, 3.63) is 90.0 Å². The number of esters is 1. The average molecular weight is 494 g/mol. The Morgan fingerprint density at radius 3 is 2.26 bits per heavy atom. The Labute approximate surface area is 203 Å². The molecular weight excluding hydrogens is 470 g/mol. The Bertz CT molecular complexity index is 1330. The van der Waals surface area contributed by atoms with Gasteiger partial charge in [-0.25, -0.2) is 0 Å². The van der Waals surface area contributed by atoms with E-state index in [4.69, 9.17) is 8.92 Å². The van der Waals surface area contributed by atoms with Gasteiger partial charge in [-0.15, -0.1) is 0 Å². The van der Waals surface area contributed by atoms with Crippen LogP contribution in [0.3, 0.4) is 0 Å².